The van der Waals surface area contributed by atoms with E-state index in [9.17, 15) is 4.79 Å². The molecular weight excluding hydrogens is 384 g/mol. The summed E-state index contributed by atoms with van der Waals surface area (Å²) in [5.74, 6) is 1.58. The molecule has 1 atom stereocenters. The summed E-state index contributed by atoms with van der Waals surface area (Å²) < 4.78 is 5.57. The minimum absolute atomic E-state index is 0.0131. The van der Waals surface area contributed by atoms with E-state index in [2.05, 4.69) is 81.2 Å². The zero-order valence-corrected chi connectivity index (χ0v) is 20.0. The van der Waals surface area contributed by atoms with Gasteiger partial charge in [0.05, 0.1) is 13.2 Å². The third-order valence-electron chi connectivity index (χ3n) is 6.68. The van der Waals surface area contributed by atoms with Gasteiger partial charge in [-0.1, -0.05) is 38.1 Å². The van der Waals surface area contributed by atoms with Crippen LogP contribution in [-0.2, 0) is 11.3 Å². The Morgan fingerprint density at radius 3 is 2.35 bits per heavy atom. The minimum atomic E-state index is -0.0131. The van der Waals surface area contributed by atoms with E-state index in [1.54, 1.807) is 7.11 Å². The summed E-state index contributed by atoms with van der Waals surface area (Å²) in [6, 6.07) is 12.9. The largest absolute Gasteiger partial charge is 0.496 e. The number of carbonyl (C=O) groups excluding carboxylic acids is 1. The summed E-state index contributed by atoms with van der Waals surface area (Å²) in [6.45, 7) is 13.6. The molecule has 31 heavy (non-hydrogen) atoms. The van der Waals surface area contributed by atoms with Crippen molar-refractivity contribution in [1.29, 1.82) is 0 Å². The molecule has 1 heterocycles. The standard InChI is InChI=1S/C27H38N2O2/c1-18(2)24-16-25(20(4)15-26(24)31-6)21(5)28-27(30)22-11-13-29(14-12-22)17-23-10-8-7-9-19(23)3/h7-10,15-16,18,21-22H,11-14,17H2,1-6H3,(H,28,30)/t21-/m1/s1. The van der Waals surface area contributed by atoms with E-state index < -0.39 is 0 Å². The normalized spacial score (nSPS) is 16.4. The molecule has 0 spiro atoms. The Labute approximate surface area is 188 Å². The molecule has 2 aromatic carbocycles. The number of methoxy groups -OCH3 is 1. The number of likely N-dealkylation sites (tertiary alicyclic amines) is 1. The number of hydrogen-bond acceptors (Lipinski definition) is 3. The Bertz CT molecular complexity index is 898. The Kier molecular flexibility index (Phi) is 7.77. The number of carbonyl (C=O) groups is 1. The first-order valence-electron chi connectivity index (χ1n) is 11.6. The third-order valence-corrected chi connectivity index (χ3v) is 6.68. The topological polar surface area (TPSA) is 41.6 Å². The highest BCUT2D eigenvalue weighted by Crippen LogP contribution is 2.32. The molecule has 4 heteroatoms. The molecule has 0 bridgehead atoms. The highest BCUT2D eigenvalue weighted by molar-refractivity contribution is 5.79. The number of ether oxygens (including phenoxy) is 1. The summed E-state index contributed by atoms with van der Waals surface area (Å²) >= 11 is 0. The van der Waals surface area contributed by atoms with Gasteiger partial charge in [0.25, 0.3) is 0 Å². The Morgan fingerprint density at radius 1 is 1.06 bits per heavy atom. The number of hydrogen-bond donors (Lipinski definition) is 1. The smallest absolute Gasteiger partial charge is 0.223 e. The quantitative estimate of drug-likeness (QED) is 0.638. The first-order chi connectivity index (χ1) is 14.8. The number of rotatable bonds is 7. The van der Waals surface area contributed by atoms with Gasteiger partial charge in [-0.15, -0.1) is 0 Å². The molecule has 1 aliphatic heterocycles. The van der Waals surface area contributed by atoms with E-state index in [-0.39, 0.29) is 17.9 Å². The van der Waals surface area contributed by atoms with Crippen molar-refractivity contribution in [2.24, 2.45) is 5.92 Å². The van der Waals surface area contributed by atoms with Crippen molar-refractivity contribution in [3.63, 3.8) is 0 Å². The molecular formula is C27H38N2O2. The van der Waals surface area contributed by atoms with Crippen molar-refractivity contribution in [2.75, 3.05) is 20.2 Å². The zero-order chi connectivity index (χ0) is 22.5. The fraction of sp³-hybridized carbons (Fsp3) is 0.519. The molecule has 0 aromatic heterocycles. The third kappa shape index (κ3) is 5.68. The summed E-state index contributed by atoms with van der Waals surface area (Å²) in [5, 5.41) is 3.29. The molecule has 3 rings (SSSR count). The molecule has 168 valence electrons. The zero-order valence-electron chi connectivity index (χ0n) is 20.0. The molecule has 4 nitrogen and oxygen atoms in total. The lowest BCUT2D eigenvalue weighted by atomic mass is 9.92. The number of amides is 1. The Balaban J connectivity index is 1.58. The van der Waals surface area contributed by atoms with E-state index in [1.807, 2.05) is 0 Å². The van der Waals surface area contributed by atoms with Crippen molar-refractivity contribution in [3.05, 3.63) is 64.2 Å². The van der Waals surface area contributed by atoms with Crippen LogP contribution in [0, 0.1) is 19.8 Å². The maximum absolute atomic E-state index is 13.0. The van der Waals surface area contributed by atoms with Gasteiger partial charge >= 0.3 is 0 Å². The highest BCUT2D eigenvalue weighted by Gasteiger charge is 2.27. The van der Waals surface area contributed by atoms with Crippen LogP contribution in [-0.4, -0.2) is 31.0 Å². The number of nitrogens with zero attached hydrogens (tertiary/aromatic N) is 1. The molecule has 0 aliphatic carbocycles. The van der Waals surface area contributed by atoms with Crippen molar-refractivity contribution >= 4 is 5.91 Å². The molecule has 1 fully saturated rings. The Morgan fingerprint density at radius 2 is 1.74 bits per heavy atom. The average Bonchev–Trinajstić information content (AvgIpc) is 2.75. The predicted molar refractivity (Wildman–Crippen MR) is 128 cm³/mol. The number of nitrogens with one attached hydrogen (secondary N) is 1. The van der Waals surface area contributed by atoms with E-state index >= 15 is 0 Å². The van der Waals surface area contributed by atoms with E-state index in [0.29, 0.717) is 5.92 Å². The highest BCUT2D eigenvalue weighted by atomic mass is 16.5. The van der Waals surface area contributed by atoms with Gasteiger partial charge in [-0.3, -0.25) is 9.69 Å². The summed E-state index contributed by atoms with van der Waals surface area (Å²) in [5.41, 5.74) is 6.24. The van der Waals surface area contributed by atoms with Gasteiger partial charge in [0, 0.05) is 12.5 Å². The van der Waals surface area contributed by atoms with Gasteiger partial charge in [-0.05, 0) is 92.6 Å². The minimum Gasteiger partial charge on any atom is -0.496 e. The molecule has 1 N–H and O–H groups in total. The fourth-order valence-corrected chi connectivity index (χ4v) is 4.60. The number of piperidine rings is 1. The van der Waals surface area contributed by atoms with E-state index in [4.69, 9.17) is 4.74 Å². The lowest BCUT2D eigenvalue weighted by Crippen LogP contribution is -2.41. The molecule has 1 aliphatic rings. The number of aryl methyl sites for hydroxylation is 2. The van der Waals surface area contributed by atoms with Crippen molar-refractivity contribution in [3.8, 4) is 5.75 Å². The second-order valence-electron chi connectivity index (χ2n) is 9.31. The molecule has 1 amide bonds. The molecule has 0 saturated carbocycles. The van der Waals surface area contributed by atoms with Gasteiger partial charge in [-0.2, -0.15) is 0 Å². The maximum atomic E-state index is 13.0. The van der Waals surface area contributed by atoms with Gasteiger partial charge in [-0.25, -0.2) is 0 Å². The van der Waals surface area contributed by atoms with Crippen molar-refractivity contribution < 1.29 is 9.53 Å². The van der Waals surface area contributed by atoms with Crippen LogP contribution in [0.4, 0.5) is 0 Å². The van der Waals surface area contributed by atoms with Gasteiger partial charge in [0.1, 0.15) is 5.75 Å². The lowest BCUT2D eigenvalue weighted by molar-refractivity contribution is -0.127. The van der Waals surface area contributed by atoms with E-state index in [0.717, 1.165) is 43.8 Å². The van der Waals surface area contributed by atoms with Crippen LogP contribution in [0.1, 0.15) is 73.4 Å². The first-order valence-corrected chi connectivity index (χ1v) is 11.6. The van der Waals surface area contributed by atoms with Crippen LogP contribution in [0.2, 0.25) is 0 Å². The van der Waals surface area contributed by atoms with Gasteiger partial charge in [0.15, 0.2) is 0 Å². The number of benzene rings is 2. The van der Waals surface area contributed by atoms with Crippen LogP contribution < -0.4 is 10.1 Å². The maximum Gasteiger partial charge on any atom is 0.223 e. The molecule has 1 saturated heterocycles. The van der Waals surface area contributed by atoms with Crippen LogP contribution in [0.3, 0.4) is 0 Å². The van der Waals surface area contributed by atoms with Crippen molar-refractivity contribution in [1.82, 2.24) is 10.2 Å². The summed E-state index contributed by atoms with van der Waals surface area (Å²) in [6.07, 6.45) is 1.84. The van der Waals surface area contributed by atoms with E-state index in [1.165, 1.54) is 22.3 Å². The molecule has 2 aromatic rings. The van der Waals surface area contributed by atoms with Crippen LogP contribution in [0.5, 0.6) is 5.75 Å². The second-order valence-corrected chi connectivity index (χ2v) is 9.31. The summed E-state index contributed by atoms with van der Waals surface area (Å²) in [4.78, 5) is 15.5. The van der Waals surface area contributed by atoms with Gasteiger partial charge < -0.3 is 10.1 Å². The molecule has 0 unspecified atom stereocenters. The fourth-order valence-electron chi connectivity index (χ4n) is 4.60. The Hall–Kier alpha value is -2.33. The predicted octanol–water partition coefficient (Wildman–Crippen LogP) is 5.52. The average molecular weight is 423 g/mol. The van der Waals surface area contributed by atoms with Crippen molar-refractivity contribution in [2.45, 2.75) is 66.0 Å². The SMILES string of the molecule is COc1cc(C)c([C@@H](C)NC(=O)C2CCN(Cc3ccccc3C)CC2)cc1C(C)C. The van der Waals surface area contributed by atoms with Crippen LogP contribution in [0.15, 0.2) is 36.4 Å². The lowest BCUT2D eigenvalue weighted by Gasteiger charge is -2.32. The van der Waals surface area contributed by atoms with Crippen LogP contribution >= 0.6 is 0 Å². The second kappa shape index (κ2) is 10.3. The molecule has 0 radical (unpaired) electrons. The first kappa shape index (κ1) is 23.3. The van der Waals surface area contributed by atoms with Crippen LogP contribution in [0.25, 0.3) is 0 Å². The monoisotopic (exact) mass is 422 g/mol. The van der Waals surface area contributed by atoms with Gasteiger partial charge in [0.2, 0.25) is 5.91 Å². The summed E-state index contributed by atoms with van der Waals surface area (Å²) in [7, 11) is 1.72.